The van der Waals surface area contributed by atoms with Crippen LogP contribution >= 0.6 is 0 Å². The highest BCUT2D eigenvalue weighted by atomic mass is 32.2. The Morgan fingerprint density at radius 2 is 1.77 bits per heavy atom. The highest BCUT2D eigenvalue weighted by Crippen LogP contribution is 2.19. The number of hydrogen-bond acceptors (Lipinski definition) is 4. The first-order chi connectivity index (χ1) is 12.2. The number of amides is 1. The fourth-order valence-electron chi connectivity index (χ4n) is 2.23. The van der Waals surface area contributed by atoms with Crippen molar-refractivity contribution in [2.75, 3.05) is 14.2 Å². The summed E-state index contributed by atoms with van der Waals surface area (Å²) in [5.41, 5.74) is 0.187. The second-order valence-corrected chi connectivity index (χ2v) is 7.42. The van der Waals surface area contributed by atoms with E-state index < -0.39 is 33.6 Å². The van der Waals surface area contributed by atoms with Crippen molar-refractivity contribution in [1.82, 2.24) is 9.79 Å². The average Bonchev–Trinajstić information content (AvgIpc) is 2.62. The van der Waals surface area contributed by atoms with E-state index in [9.17, 15) is 22.0 Å². The minimum atomic E-state index is -3.82. The molecule has 0 saturated carbocycles. The van der Waals surface area contributed by atoms with Crippen LogP contribution in [-0.4, -0.2) is 33.0 Å². The van der Waals surface area contributed by atoms with E-state index in [2.05, 4.69) is 10.2 Å². The molecule has 0 radical (unpaired) electrons. The van der Waals surface area contributed by atoms with Crippen molar-refractivity contribution in [2.24, 2.45) is 0 Å². The lowest BCUT2D eigenvalue weighted by atomic mass is 10.1. The van der Waals surface area contributed by atoms with Crippen molar-refractivity contribution in [3.05, 3.63) is 65.2 Å². The summed E-state index contributed by atoms with van der Waals surface area (Å²) in [6.45, 7) is 1.52. The van der Waals surface area contributed by atoms with E-state index in [1.165, 1.54) is 45.3 Å². The Morgan fingerprint density at radius 1 is 1.15 bits per heavy atom. The fraction of sp³-hybridized carbons (Fsp3) is 0.235. The summed E-state index contributed by atoms with van der Waals surface area (Å²) in [5.74, 6) is -1.80. The molecule has 1 unspecified atom stereocenters. The molecule has 2 aromatic rings. The summed E-state index contributed by atoms with van der Waals surface area (Å²) in [7, 11) is -1.36. The number of nitrogens with zero attached hydrogens (tertiary/aromatic N) is 1. The second-order valence-electron chi connectivity index (χ2n) is 5.48. The van der Waals surface area contributed by atoms with Gasteiger partial charge in [0.25, 0.3) is 15.9 Å². The van der Waals surface area contributed by atoms with Crippen LogP contribution in [0.15, 0.2) is 47.4 Å². The lowest BCUT2D eigenvalue weighted by molar-refractivity contribution is -0.0258. The predicted octanol–water partition coefficient (Wildman–Crippen LogP) is 2.64. The molecule has 1 N–H and O–H groups in total. The van der Waals surface area contributed by atoms with Gasteiger partial charge in [0.15, 0.2) is 0 Å². The Bertz CT molecular complexity index is 901. The minimum absolute atomic E-state index is 0.0132. The van der Waals surface area contributed by atoms with Crippen molar-refractivity contribution >= 4 is 15.9 Å². The standard InChI is InChI=1S/C17H18F2N2O4S/c1-11(15-10-13(18)6-9-16(15)19)20-17(22)12-4-7-14(8-5-12)26(23,24)21(2)25-3/h4-11H,1-3H3,(H,20,22). The summed E-state index contributed by atoms with van der Waals surface area (Å²) in [6.07, 6.45) is 0. The molecule has 0 aromatic heterocycles. The number of carbonyl (C=O) groups excluding carboxylic acids is 1. The molecule has 140 valence electrons. The summed E-state index contributed by atoms with van der Waals surface area (Å²) in [6, 6.07) is 7.36. The molecule has 2 rings (SSSR count). The number of carbonyl (C=O) groups is 1. The van der Waals surface area contributed by atoms with Gasteiger partial charge in [-0.15, -0.1) is 0 Å². The third-order valence-electron chi connectivity index (χ3n) is 3.78. The Morgan fingerprint density at radius 3 is 2.35 bits per heavy atom. The van der Waals surface area contributed by atoms with Crippen LogP contribution in [0.1, 0.15) is 28.9 Å². The predicted molar refractivity (Wildman–Crippen MR) is 90.6 cm³/mol. The number of sulfonamides is 1. The van der Waals surface area contributed by atoms with E-state index in [0.29, 0.717) is 4.47 Å². The lowest BCUT2D eigenvalue weighted by Gasteiger charge is -2.16. The number of nitrogens with one attached hydrogen (secondary N) is 1. The molecular formula is C17H18F2N2O4S. The van der Waals surface area contributed by atoms with Crippen LogP contribution in [0.4, 0.5) is 8.78 Å². The molecule has 0 fully saturated rings. The normalized spacial score (nSPS) is 12.8. The molecular weight excluding hydrogens is 366 g/mol. The largest absolute Gasteiger partial charge is 0.345 e. The van der Waals surface area contributed by atoms with Gasteiger partial charge in [0.1, 0.15) is 11.6 Å². The van der Waals surface area contributed by atoms with E-state index in [0.717, 1.165) is 18.2 Å². The summed E-state index contributed by atoms with van der Waals surface area (Å²) in [5, 5.41) is 2.54. The average molecular weight is 384 g/mol. The van der Waals surface area contributed by atoms with Gasteiger partial charge in [0.05, 0.1) is 18.0 Å². The van der Waals surface area contributed by atoms with Gasteiger partial charge >= 0.3 is 0 Å². The molecule has 9 heteroatoms. The first-order valence-electron chi connectivity index (χ1n) is 7.55. The number of rotatable bonds is 6. The maximum atomic E-state index is 13.8. The van der Waals surface area contributed by atoms with Crippen LogP contribution in [0.25, 0.3) is 0 Å². The van der Waals surface area contributed by atoms with Gasteiger partial charge in [0, 0.05) is 18.2 Å². The summed E-state index contributed by atoms with van der Waals surface area (Å²) in [4.78, 5) is 16.9. The van der Waals surface area contributed by atoms with E-state index in [4.69, 9.17) is 0 Å². The van der Waals surface area contributed by atoms with Crippen LogP contribution in [-0.2, 0) is 14.9 Å². The quantitative estimate of drug-likeness (QED) is 0.777. The van der Waals surface area contributed by atoms with Crippen LogP contribution in [0.2, 0.25) is 0 Å². The van der Waals surface area contributed by atoms with Crippen LogP contribution < -0.4 is 5.32 Å². The highest BCUT2D eigenvalue weighted by molar-refractivity contribution is 7.89. The maximum Gasteiger partial charge on any atom is 0.264 e. The molecule has 0 bridgehead atoms. The van der Waals surface area contributed by atoms with Crippen LogP contribution in [0.5, 0.6) is 0 Å². The molecule has 0 heterocycles. The van der Waals surface area contributed by atoms with Crippen molar-refractivity contribution in [3.63, 3.8) is 0 Å². The molecule has 0 aliphatic rings. The third kappa shape index (κ3) is 4.24. The van der Waals surface area contributed by atoms with Gasteiger partial charge in [-0.25, -0.2) is 17.2 Å². The minimum Gasteiger partial charge on any atom is -0.345 e. The molecule has 1 atom stereocenters. The first kappa shape index (κ1) is 20.0. The molecule has 6 nitrogen and oxygen atoms in total. The van der Waals surface area contributed by atoms with E-state index in [-0.39, 0.29) is 16.0 Å². The fourth-order valence-corrected chi connectivity index (χ4v) is 3.20. The zero-order chi connectivity index (χ0) is 19.5. The Labute approximate surface area is 150 Å². The molecule has 1 amide bonds. The molecule has 26 heavy (non-hydrogen) atoms. The zero-order valence-corrected chi connectivity index (χ0v) is 15.2. The second kappa shape index (κ2) is 7.90. The highest BCUT2D eigenvalue weighted by Gasteiger charge is 2.21. The molecule has 0 aliphatic heterocycles. The third-order valence-corrected chi connectivity index (χ3v) is 5.48. The molecule has 0 spiro atoms. The number of halogens is 2. The number of hydroxylamine groups is 1. The summed E-state index contributed by atoms with van der Waals surface area (Å²) >= 11 is 0. The SMILES string of the molecule is CON(C)S(=O)(=O)c1ccc(C(=O)NC(C)c2cc(F)ccc2F)cc1. The van der Waals surface area contributed by atoms with Crippen molar-refractivity contribution < 1.29 is 26.8 Å². The van der Waals surface area contributed by atoms with Gasteiger partial charge < -0.3 is 5.32 Å². The van der Waals surface area contributed by atoms with Gasteiger partial charge in [-0.3, -0.25) is 9.63 Å². The zero-order valence-electron chi connectivity index (χ0n) is 14.4. The Kier molecular flexibility index (Phi) is 6.06. The van der Waals surface area contributed by atoms with Gasteiger partial charge in [-0.1, -0.05) is 4.47 Å². The van der Waals surface area contributed by atoms with Crippen molar-refractivity contribution in [1.29, 1.82) is 0 Å². The topological polar surface area (TPSA) is 75.7 Å². The lowest BCUT2D eigenvalue weighted by Crippen LogP contribution is -2.28. The Balaban J connectivity index is 2.17. The summed E-state index contributed by atoms with van der Waals surface area (Å²) < 4.78 is 51.9. The van der Waals surface area contributed by atoms with Crippen LogP contribution in [0.3, 0.4) is 0 Å². The first-order valence-corrected chi connectivity index (χ1v) is 8.99. The molecule has 0 aliphatic carbocycles. The number of hydrogen-bond donors (Lipinski definition) is 1. The number of benzene rings is 2. The van der Waals surface area contributed by atoms with Crippen molar-refractivity contribution in [2.45, 2.75) is 17.9 Å². The van der Waals surface area contributed by atoms with E-state index in [1.807, 2.05) is 0 Å². The molecule has 0 saturated heterocycles. The van der Waals surface area contributed by atoms with Gasteiger partial charge in [-0.05, 0) is 49.4 Å². The maximum absolute atomic E-state index is 13.8. The van der Waals surface area contributed by atoms with Gasteiger partial charge in [-0.2, -0.15) is 0 Å². The monoisotopic (exact) mass is 384 g/mol. The van der Waals surface area contributed by atoms with Gasteiger partial charge in [0.2, 0.25) is 0 Å². The van der Waals surface area contributed by atoms with Crippen molar-refractivity contribution in [3.8, 4) is 0 Å². The van der Waals surface area contributed by atoms with E-state index >= 15 is 0 Å². The van der Waals surface area contributed by atoms with E-state index in [1.54, 1.807) is 0 Å². The molecule has 2 aromatic carbocycles. The van der Waals surface area contributed by atoms with Crippen LogP contribution in [0, 0.1) is 11.6 Å². The Hall–Kier alpha value is -2.36. The smallest absolute Gasteiger partial charge is 0.264 e.